The number of piperidine rings is 1. The molecule has 1 heterocycles. The lowest BCUT2D eigenvalue weighted by Crippen LogP contribution is -2.32. The van der Waals surface area contributed by atoms with E-state index < -0.39 is 11.7 Å². The fraction of sp³-hybridized carbons (Fsp3) is 0.533. The molecule has 0 atom stereocenters. The summed E-state index contributed by atoms with van der Waals surface area (Å²) in [5.74, 6) is -1.36. The fourth-order valence-electron chi connectivity index (χ4n) is 2.43. The Morgan fingerprint density at radius 3 is 2.90 bits per heavy atom. The number of ether oxygens (including phenoxy) is 1. The van der Waals surface area contributed by atoms with Crippen molar-refractivity contribution in [2.24, 2.45) is 5.73 Å². The summed E-state index contributed by atoms with van der Waals surface area (Å²) in [6.45, 7) is 3.27. The first kappa shape index (κ1) is 15.7. The van der Waals surface area contributed by atoms with Gasteiger partial charge in [-0.3, -0.25) is 4.79 Å². The molecule has 0 bridgehead atoms. The Balaban J connectivity index is 1.73. The van der Waals surface area contributed by atoms with Crippen LogP contribution in [-0.4, -0.2) is 38.3 Å². The molecule has 1 saturated heterocycles. The molecule has 0 aliphatic carbocycles. The van der Waals surface area contributed by atoms with Gasteiger partial charge in [0, 0.05) is 18.8 Å². The second-order valence-electron chi connectivity index (χ2n) is 5.13. The summed E-state index contributed by atoms with van der Waals surface area (Å²) >= 11 is 0. The van der Waals surface area contributed by atoms with Gasteiger partial charge in [0.2, 0.25) is 0 Å². The smallest absolute Gasteiger partial charge is 0.253 e. The van der Waals surface area contributed by atoms with E-state index in [-0.39, 0.29) is 5.56 Å². The van der Waals surface area contributed by atoms with E-state index in [9.17, 15) is 9.18 Å². The number of amides is 1. The number of carbonyl (C=O) groups excluding carboxylic acids is 1. The van der Waals surface area contributed by atoms with Crippen LogP contribution in [0, 0.1) is 5.82 Å². The van der Waals surface area contributed by atoms with E-state index >= 15 is 0 Å². The number of benzene rings is 1. The molecule has 0 spiro atoms. The first-order valence-electron chi connectivity index (χ1n) is 7.33. The van der Waals surface area contributed by atoms with Crippen LogP contribution >= 0.6 is 0 Å². The lowest BCUT2D eigenvalue weighted by molar-refractivity contribution is 0.0329. The molecule has 1 aromatic carbocycles. The predicted molar refractivity (Wildman–Crippen MR) is 79.9 cm³/mol. The Bertz CT molecular complexity index is 476. The molecule has 1 aliphatic rings. The number of hydrogen-bond acceptors (Lipinski definition) is 4. The number of halogens is 1. The summed E-state index contributed by atoms with van der Waals surface area (Å²) in [5, 5.41) is 6.33. The standard InChI is InChI=1S/C15H22FN3O2/c16-12-3-1-4-13(14(12)15(17)20)19-7-2-10-21-11-5-8-18-9-6-11/h1,3-4,11,18-19H,2,5-10H2,(H2,17,20). The number of nitrogens with one attached hydrogen (secondary N) is 2. The third-order valence-electron chi connectivity index (χ3n) is 3.54. The van der Waals surface area contributed by atoms with E-state index in [0.717, 1.165) is 32.4 Å². The summed E-state index contributed by atoms with van der Waals surface area (Å²) in [7, 11) is 0. The molecular weight excluding hydrogens is 273 g/mol. The maximum Gasteiger partial charge on any atom is 0.253 e. The Labute approximate surface area is 124 Å². The molecule has 21 heavy (non-hydrogen) atoms. The fourth-order valence-corrected chi connectivity index (χ4v) is 2.43. The highest BCUT2D eigenvalue weighted by molar-refractivity contribution is 5.98. The minimum atomic E-state index is -0.762. The highest BCUT2D eigenvalue weighted by Crippen LogP contribution is 2.18. The van der Waals surface area contributed by atoms with Crippen molar-refractivity contribution in [1.82, 2.24) is 5.32 Å². The van der Waals surface area contributed by atoms with Gasteiger partial charge >= 0.3 is 0 Å². The Morgan fingerprint density at radius 1 is 1.43 bits per heavy atom. The molecule has 1 aliphatic heterocycles. The Kier molecular flexibility index (Phi) is 5.95. The quantitative estimate of drug-likeness (QED) is 0.666. The normalized spacial score (nSPS) is 15.9. The van der Waals surface area contributed by atoms with Crippen LogP contribution in [0.4, 0.5) is 10.1 Å². The molecular formula is C15H22FN3O2. The van der Waals surface area contributed by atoms with E-state index in [1.54, 1.807) is 12.1 Å². The highest BCUT2D eigenvalue weighted by Gasteiger charge is 2.14. The zero-order valence-electron chi connectivity index (χ0n) is 12.0. The van der Waals surface area contributed by atoms with E-state index in [0.29, 0.717) is 24.9 Å². The van der Waals surface area contributed by atoms with Crippen LogP contribution in [0.1, 0.15) is 29.6 Å². The third kappa shape index (κ3) is 4.68. The molecule has 1 fully saturated rings. The molecule has 1 aromatic rings. The van der Waals surface area contributed by atoms with Gasteiger partial charge in [-0.2, -0.15) is 0 Å². The number of primary amides is 1. The zero-order chi connectivity index (χ0) is 15.1. The van der Waals surface area contributed by atoms with Gasteiger partial charge in [0.05, 0.1) is 11.7 Å². The Morgan fingerprint density at radius 2 is 2.19 bits per heavy atom. The van der Waals surface area contributed by atoms with Crippen molar-refractivity contribution in [1.29, 1.82) is 0 Å². The topological polar surface area (TPSA) is 76.4 Å². The number of rotatable bonds is 7. The second kappa shape index (κ2) is 7.95. The molecule has 0 saturated carbocycles. The van der Waals surface area contributed by atoms with E-state index in [1.165, 1.54) is 6.07 Å². The van der Waals surface area contributed by atoms with E-state index in [2.05, 4.69) is 10.6 Å². The number of carbonyl (C=O) groups is 1. The molecule has 116 valence electrons. The molecule has 5 nitrogen and oxygen atoms in total. The van der Waals surface area contributed by atoms with Gasteiger partial charge in [-0.25, -0.2) is 4.39 Å². The molecule has 1 amide bonds. The largest absolute Gasteiger partial charge is 0.384 e. The van der Waals surface area contributed by atoms with Crippen LogP contribution < -0.4 is 16.4 Å². The zero-order valence-corrected chi connectivity index (χ0v) is 12.0. The van der Waals surface area contributed by atoms with Crippen LogP contribution in [-0.2, 0) is 4.74 Å². The maximum atomic E-state index is 13.5. The highest BCUT2D eigenvalue weighted by atomic mass is 19.1. The van der Waals surface area contributed by atoms with Gasteiger partial charge in [0.1, 0.15) is 5.82 Å². The number of hydrogen-bond donors (Lipinski definition) is 3. The predicted octanol–water partition coefficient (Wildman–Crippen LogP) is 1.50. The van der Waals surface area contributed by atoms with Crippen molar-refractivity contribution < 1.29 is 13.9 Å². The van der Waals surface area contributed by atoms with Crippen molar-refractivity contribution in [3.05, 3.63) is 29.6 Å². The van der Waals surface area contributed by atoms with Gasteiger partial charge in [-0.15, -0.1) is 0 Å². The number of anilines is 1. The van der Waals surface area contributed by atoms with Crippen molar-refractivity contribution in [2.75, 3.05) is 31.6 Å². The minimum Gasteiger partial charge on any atom is -0.384 e. The second-order valence-corrected chi connectivity index (χ2v) is 5.13. The molecule has 0 unspecified atom stereocenters. The molecule has 4 N–H and O–H groups in total. The van der Waals surface area contributed by atoms with Crippen LogP contribution in [0.3, 0.4) is 0 Å². The van der Waals surface area contributed by atoms with Crippen molar-refractivity contribution in [2.45, 2.75) is 25.4 Å². The van der Waals surface area contributed by atoms with Crippen molar-refractivity contribution >= 4 is 11.6 Å². The van der Waals surface area contributed by atoms with Crippen LogP contribution in [0.5, 0.6) is 0 Å². The maximum absolute atomic E-state index is 13.5. The first-order valence-corrected chi connectivity index (χ1v) is 7.33. The minimum absolute atomic E-state index is 0.0863. The van der Waals surface area contributed by atoms with Gasteiger partial charge in [-0.1, -0.05) is 6.07 Å². The summed E-state index contributed by atoms with van der Waals surface area (Å²) in [6, 6.07) is 4.43. The summed E-state index contributed by atoms with van der Waals surface area (Å²) in [6.07, 6.45) is 3.21. The summed E-state index contributed by atoms with van der Waals surface area (Å²) in [5.41, 5.74) is 5.54. The number of nitrogens with two attached hydrogens (primary N) is 1. The Hall–Kier alpha value is -1.66. The first-order chi connectivity index (χ1) is 10.2. The van der Waals surface area contributed by atoms with Crippen LogP contribution in [0.15, 0.2) is 18.2 Å². The van der Waals surface area contributed by atoms with Gasteiger partial charge in [0.25, 0.3) is 5.91 Å². The van der Waals surface area contributed by atoms with Gasteiger partial charge < -0.3 is 21.1 Å². The molecule has 0 aromatic heterocycles. The molecule has 6 heteroatoms. The van der Waals surface area contributed by atoms with Gasteiger partial charge in [0.15, 0.2) is 0 Å². The lowest BCUT2D eigenvalue weighted by atomic mass is 10.1. The summed E-state index contributed by atoms with van der Waals surface area (Å²) < 4.78 is 19.3. The molecule has 2 rings (SSSR count). The van der Waals surface area contributed by atoms with Crippen molar-refractivity contribution in [3.63, 3.8) is 0 Å². The van der Waals surface area contributed by atoms with Crippen LogP contribution in [0.2, 0.25) is 0 Å². The van der Waals surface area contributed by atoms with Crippen LogP contribution in [0.25, 0.3) is 0 Å². The monoisotopic (exact) mass is 295 g/mol. The average molecular weight is 295 g/mol. The van der Waals surface area contributed by atoms with E-state index in [4.69, 9.17) is 10.5 Å². The summed E-state index contributed by atoms with van der Waals surface area (Å²) in [4.78, 5) is 11.2. The average Bonchev–Trinajstić information content (AvgIpc) is 2.47. The SMILES string of the molecule is NC(=O)c1c(F)cccc1NCCCOC1CCNCC1. The molecule has 0 radical (unpaired) electrons. The van der Waals surface area contributed by atoms with Gasteiger partial charge in [-0.05, 0) is 44.5 Å². The third-order valence-corrected chi connectivity index (χ3v) is 3.54. The van der Waals surface area contributed by atoms with E-state index in [1.807, 2.05) is 0 Å². The lowest BCUT2D eigenvalue weighted by Gasteiger charge is -2.23. The van der Waals surface area contributed by atoms with Crippen molar-refractivity contribution in [3.8, 4) is 0 Å².